The van der Waals surface area contributed by atoms with Crippen molar-refractivity contribution < 1.29 is 19.1 Å². The molecule has 2 amide bonds. The molecule has 0 aromatic heterocycles. The zero-order chi connectivity index (χ0) is 13.4. The maximum atomic E-state index is 12.0. The van der Waals surface area contributed by atoms with Crippen LogP contribution in [0.15, 0.2) is 0 Å². The molecule has 1 aliphatic rings. The van der Waals surface area contributed by atoms with Gasteiger partial charge in [0.15, 0.2) is 0 Å². The van der Waals surface area contributed by atoms with Crippen molar-refractivity contribution in [2.45, 2.75) is 26.3 Å². The van der Waals surface area contributed by atoms with E-state index in [1.807, 2.05) is 13.8 Å². The molecule has 0 spiro atoms. The van der Waals surface area contributed by atoms with Gasteiger partial charge in [-0.05, 0) is 13.3 Å². The van der Waals surface area contributed by atoms with Gasteiger partial charge < -0.3 is 19.7 Å². The van der Waals surface area contributed by atoms with E-state index in [0.29, 0.717) is 26.3 Å². The van der Waals surface area contributed by atoms with Crippen LogP contribution in [0.25, 0.3) is 0 Å². The van der Waals surface area contributed by atoms with Gasteiger partial charge in [-0.15, -0.1) is 0 Å². The number of carbonyl (C=O) groups excluding carboxylic acids is 2. The monoisotopic (exact) mass is 258 g/mol. The molecule has 104 valence electrons. The third-order valence-corrected chi connectivity index (χ3v) is 2.68. The lowest BCUT2D eigenvalue weighted by Crippen LogP contribution is -2.56. The Kier molecular flexibility index (Phi) is 6.67. The minimum Gasteiger partial charge on any atom is -0.377 e. The van der Waals surface area contributed by atoms with E-state index in [4.69, 9.17) is 9.47 Å². The quantitative estimate of drug-likeness (QED) is 0.669. The van der Waals surface area contributed by atoms with Gasteiger partial charge in [-0.1, -0.05) is 6.92 Å². The van der Waals surface area contributed by atoms with Gasteiger partial charge in [0.2, 0.25) is 11.8 Å². The maximum Gasteiger partial charge on any atom is 0.249 e. The van der Waals surface area contributed by atoms with E-state index in [2.05, 4.69) is 5.32 Å². The second kappa shape index (κ2) is 8.05. The molecule has 1 unspecified atom stereocenters. The molecule has 6 nitrogen and oxygen atoms in total. The highest BCUT2D eigenvalue weighted by atomic mass is 16.5. The lowest BCUT2D eigenvalue weighted by Gasteiger charge is -2.34. The highest BCUT2D eigenvalue weighted by molar-refractivity contribution is 5.88. The Balaban J connectivity index is 2.52. The second-order valence-corrected chi connectivity index (χ2v) is 4.13. The lowest BCUT2D eigenvalue weighted by molar-refractivity contribution is -0.151. The molecule has 1 heterocycles. The molecule has 0 aliphatic carbocycles. The molecule has 1 fully saturated rings. The Morgan fingerprint density at radius 3 is 2.89 bits per heavy atom. The molecular weight excluding hydrogens is 236 g/mol. The van der Waals surface area contributed by atoms with Crippen LogP contribution in [0.3, 0.4) is 0 Å². The summed E-state index contributed by atoms with van der Waals surface area (Å²) >= 11 is 0. The fourth-order valence-corrected chi connectivity index (χ4v) is 1.80. The average molecular weight is 258 g/mol. The summed E-state index contributed by atoms with van der Waals surface area (Å²) in [5, 5.41) is 2.71. The second-order valence-electron chi connectivity index (χ2n) is 4.13. The number of morpholine rings is 1. The van der Waals surface area contributed by atoms with Crippen molar-refractivity contribution in [1.29, 1.82) is 0 Å². The van der Waals surface area contributed by atoms with E-state index in [-0.39, 0.29) is 25.0 Å². The first kappa shape index (κ1) is 14.9. The van der Waals surface area contributed by atoms with Crippen molar-refractivity contribution >= 4 is 11.8 Å². The highest BCUT2D eigenvalue weighted by Gasteiger charge is 2.32. The van der Waals surface area contributed by atoms with Crippen LogP contribution in [0.4, 0.5) is 0 Å². The predicted octanol–water partition coefficient (Wildman–Crippen LogP) is -0.223. The molecule has 0 radical (unpaired) electrons. The Morgan fingerprint density at radius 2 is 2.22 bits per heavy atom. The summed E-state index contributed by atoms with van der Waals surface area (Å²) in [5.74, 6) is -0.316. The summed E-state index contributed by atoms with van der Waals surface area (Å²) in [6.07, 6.45) is 0.871. The third kappa shape index (κ3) is 4.27. The zero-order valence-corrected chi connectivity index (χ0v) is 11.1. The lowest BCUT2D eigenvalue weighted by atomic mass is 10.2. The minimum absolute atomic E-state index is 0.0315. The standard InChI is InChI=1S/C12H22N2O4/c1-3-6-17-9-11(15)14-5-7-18-8-10(14)12(16)13-4-2/h10H,3-9H2,1-2H3,(H,13,16). The van der Waals surface area contributed by atoms with Gasteiger partial charge >= 0.3 is 0 Å². The number of amides is 2. The van der Waals surface area contributed by atoms with Crippen LogP contribution in [0.1, 0.15) is 20.3 Å². The van der Waals surface area contributed by atoms with Gasteiger partial charge in [-0.25, -0.2) is 0 Å². The van der Waals surface area contributed by atoms with E-state index in [1.165, 1.54) is 0 Å². The molecule has 0 aromatic rings. The van der Waals surface area contributed by atoms with Crippen molar-refractivity contribution in [1.82, 2.24) is 10.2 Å². The fourth-order valence-electron chi connectivity index (χ4n) is 1.80. The van der Waals surface area contributed by atoms with Gasteiger partial charge in [-0.2, -0.15) is 0 Å². The van der Waals surface area contributed by atoms with E-state index >= 15 is 0 Å². The number of hydrogen-bond donors (Lipinski definition) is 1. The molecule has 6 heteroatoms. The SMILES string of the molecule is CCCOCC(=O)N1CCOCC1C(=O)NCC. The smallest absolute Gasteiger partial charge is 0.249 e. The van der Waals surface area contributed by atoms with Gasteiger partial charge in [0.05, 0.1) is 13.2 Å². The maximum absolute atomic E-state index is 12.0. The van der Waals surface area contributed by atoms with Crippen LogP contribution < -0.4 is 5.32 Å². The summed E-state index contributed by atoms with van der Waals surface area (Å²) in [7, 11) is 0. The Labute approximate surface area is 108 Å². The average Bonchev–Trinajstić information content (AvgIpc) is 2.39. The first-order valence-electron chi connectivity index (χ1n) is 6.43. The molecular formula is C12H22N2O4. The van der Waals surface area contributed by atoms with Crippen molar-refractivity contribution in [3.8, 4) is 0 Å². The van der Waals surface area contributed by atoms with Crippen LogP contribution in [0.2, 0.25) is 0 Å². The normalized spacial score (nSPS) is 19.7. The summed E-state index contributed by atoms with van der Waals surface area (Å²) in [6.45, 7) is 6.13. The van der Waals surface area contributed by atoms with Crippen LogP contribution in [-0.2, 0) is 19.1 Å². The van der Waals surface area contributed by atoms with E-state index in [9.17, 15) is 9.59 Å². The summed E-state index contributed by atoms with van der Waals surface area (Å²) in [6, 6.07) is -0.531. The number of ether oxygens (including phenoxy) is 2. The number of nitrogens with zero attached hydrogens (tertiary/aromatic N) is 1. The first-order valence-corrected chi connectivity index (χ1v) is 6.43. The minimum atomic E-state index is -0.531. The van der Waals surface area contributed by atoms with Gasteiger partial charge in [0.25, 0.3) is 0 Å². The first-order chi connectivity index (χ1) is 8.70. The number of nitrogens with one attached hydrogen (secondary N) is 1. The number of hydrogen-bond acceptors (Lipinski definition) is 4. The van der Waals surface area contributed by atoms with E-state index in [1.54, 1.807) is 4.90 Å². The predicted molar refractivity (Wildman–Crippen MR) is 66.1 cm³/mol. The Morgan fingerprint density at radius 1 is 1.44 bits per heavy atom. The Bertz CT molecular complexity index is 283. The summed E-state index contributed by atoms with van der Waals surface area (Å²) < 4.78 is 10.5. The fraction of sp³-hybridized carbons (Fsp3) is 0.833. The molecule has 1 N–H and O–H groups in total. The van der Waals surface area contributed by atoms with E-state index in [0.717, 1.165) is 6.42 Å². The molecule has 1 aliphatic heterocycles. The van der Waals surface area contributed by atoms with Crippen LogP contribution in [-0.4, -0.2) is 62.3 Å². The van der Waals surface area contributed by atoms with Gasteiger partial charge in [-0.3, -0.25) is 9.59 Å². The molecule has 1 atom stereocenters. The molecule has 18 heavy (non-hydrogen) atoms. The molecule has 0 bridgehead atoms. The number of likely N-dealkylation sites (N-methyl/N-ethyl adjacent to an activating group) is 1. The van der Waals surface area contributed by atoms with Crippen molar-refractivity contribution in [3.63, 3.8) is 0 Å². The molecule has 0 saturated carbocycles. The molecule has 1 rings (SSSR count). The van der Waals surface area contributed by atoms with Crippen LogP contribution in [0, 0.1) is 0 Å². The van der Waals surface area contributed by atoms with Crippen molar-refractivity contribution in [2.24, 2.45) is 0 Å². The highest BCUT2D eigenvalue weighted by Crippen LogP contribution is 2.08. The van der Waals surface area contributed by atoms with E-state index < -0.39 is 6.04 Å². The van der Waals surface area contributed by atoms with Crippen molar-refractivity contribution in [3.05, 3.63) is 0 Å². The zero-order valence-electron chi connectivity index (χ0n) is 11.1. The molecule has 1 saturated heterocycles. The number of rotatable bonds is 6. The van der Waals surface area contributed by atoms with Gasteiger partial charge in [0.1, 0.15) is 12.6 Å². The van der Waals surface area contributed by atoms with Crippen LogP contribution in [0.5, 0.6) is 0 Å². The number of carbonyl (C=O) groups is 2. The summed E-state index contributed by atoms with van der Waals surface area (Å²) in [5.41, 5.74) is 0. The van der Waals surface area contributed by atoms with Gasteiger partial charge in [0, 0.05) is 19.7 Å². The summed E-state index contributed by atoms with van der Waals surface area (Å²) in [4.78, 5) is 25.3. The topological polar surface area (TPSA) is 67.9 Å². The Hall–Kier alpha value is -1.14. The third-order valence-electron chi connectivity index (χ3n) is 2.68. The molecule has 0 aromatic carbocycles. The van der Waals surface area contributed by atoms with Crippen LogP contribution >= 0.6 is 0 Å². The van der Waals surface area contributed by atoms with Crippen molar-refractivity contribution in [2.75, 3.05) is 39.5 Å². The largest absolute Gasteiger partial charge is 0.377 e.